The van der Waals surface area contributed by atoms with Gasteiger partial charge in [-0.1, -0.05) is 66.2 Å². The molecule has 1 aromatic heterocycles. The second-order valence-electron chi connectivity index (χ2n) is 6.88. The summed E-state index contributed by atoms with van der Waals surface area (Å²) >= 11 is 4.84. The maximum absolute atomic E-state index is 12.5. The molecule has 0 unspecified atom stereocenters. The predicted molar refractivity (Wildman–Crippen MR) is 122 cm³/mol. The summed E-state index contributed by atoms with van der Waals surface area (Å²) in [5.74, 6) is -0.0201. The number of rotatable bonds is 6. The Kier molecular flexibility index (Phi) is 6.97. The number of aromatic nitrogens is 1. The standard InChI is InChI=1S/C23H20BrN3OS/c1-15(2)18-7-3-16(4-8-18)11-19(13-25)22(28)27-23-26-14-21(29-23)12-17-5-9-20(24)10-6-17/h3-11,14-15H,12H2,1-2H3,(H,26,27,28). The Morgan fingerprint density at radius 1 is 1.21 bits per heavy atom. The van der Waals surface area contributed by atoms with Crippen molar-refractivity contribution in [1.82, 2.24) is 4.98 Å². The Morgan fingerprint density at radius 2 is 1.90 bits per heavy atom. The molecular weight excluding hydrogens is 446 g/mol. The van der Waals surface area contributed by atoms with Gasteiger partial charge in [-0.3, -0.25) is 10.1 Å². The first kappa shape index (κ1) is 21.0. The van der Waals surface area contributed by atoms with Crippen molar-refractivity contribution < 1.29 is 4.79 Å². The third kappa shape index (κ3) is 5.86. The van der Waals surface area contributed by atoms with Gasteiger partial charge in [-0.15, -0.1) is 11.3 Å². The number of benzene rings is 2. The summed E-state index contributed by atoms with van der Waals surface area (Å²) in [4.78, 5) is 17.8. The van der Waals surface area contributed by atoms with Crippen LogP contribution in [0.15, 0.2) is 64.8 Å². The highest BCUT2D eigenvalue weighted by molar-refractivity contribution is 9.10. The highest BCUT2D eigenvalue weighted by atomic mass is 79.9. The van der Waals surface area contributed by atoms with E-state index in [0.29, 0.717) is 11.0 Å². The van der Waals surface area contributed by atoms with Crippen LogP contribution in [0.25, 0.3) is 6.08 Å². The van der Waals surface area contributed by atoms with Gasteiger partial charge in [0.25, 0.3) is 5.91 Å². The van der Waals surface area contributed by atoms with Crippen molar-refractivity contribution in [3.05, 3.63) is 86.3 Å². The fourth-order valence-corrected chi connectivity index (χ4v) is 3.81. The molecule has 2 aromatic carbocycles. The minimum atomic E-state index is -0.454. The summed E-state index contributed by atoms with van der Waals surface area (Å²) in [7, 11) is 0. The Balaban J connectivity index is 1.67. The molecule has 0 aliphatic heterocycles. The highest BCUT2D eigenvalue weighted by Crippen LogP contribution is 2.23. The predicted octanol–water partition coefficient (Wildman–Crippen LogP) is 6.17. The largest absolute Gasteiger partial charge is 0.297 e. The van der Waals surface area contributed by atoms with Crippen molar-refractivity contribution in [2.45, 2.75) is 26.2 Å². The Hall–Kier alpha value is -2.75. The van der Waals surface area contributed by atoms with E-state index in [-0.39, 0.29) is 5.57 Å². The molecular formula is C23H20BrN3OS. The Morgan fingerprint density at radius 3 is 2.52 bits per heavy atom. The summed E-state index contributed by atoms with van der Waals surface area (Å²) in [5.41, 5.74) is 3.24. The molecule has 0 atom stereocenters. The molecule has 0 fully saturated rings. The third-order valence-corrected chi connectivity index (χ3v) is 5.79. The number of halogens is 1. The third-order valence-electron chi connectivity index (χ3n) is 4.34. The van der Waals surface area contributed by atoms with Gasteiger partial charge in [-0.2, -0.15) is 5.26 Å². The number of thiazole rings is 1. The van der Waals surface area contributed by atoms with E-state index in [1.807, 2.05) is 54.6 Å². The van der Waals surface area contributed by atoms with Crippen LogP contribution in [0.5, 0.6) is 0 Å². The van der Waals surface area contributed by atoms with E-state index in [4.69, 9.17) is 0 Å². The number of anilines is 1. The average molecular weight is 466 g/mol. The van der Waals surface area contributed by atoms with Gasteiger partial charge in [-0.25, -0.2) is 4.98 Å². The minimum Gasteiger partial charge on any atom is -0.297 e. The van der Waals surface area contributed by atoms with Crippen LogP contribution in [0, 0.1) is 11.3 Å². The Bertz CT molecular complexity index is 1060. The van der Waals surface area contributed by atoms with Crippen LogP contribution in [-0.2, 0) is 11.2 Å². The SMILES string of the molecule is CC(C)c1ccc(C=C(C#N)C(=O)Nc2ncc(Cc3ccc(Br)cc3)s2)cc1. The first-order chi connectivity index (χ1) is 13.9. The first-order valence-corrected chi connectivity index (χ1v) is 10.8. The smallest absolute Gasteiger partial charge is 0.268 e. The van der Waals surface area contributed by atoms with E-state index < -0.39 is 5.91 Å². The fraction of sp³-hybridized carbons (Fsp3) is 0.174. The van der Waals surface area contributed by atoms with Crippen molar-refractivity contribution in [1.29, 1.82) is 5.26 Å². The zero-order valence-corrected chi connectivity index (χ0v) is 18.5. The molecule has 6 heteroatoms. The average Bonchev–Trinajstić information content (AvgIpc) is 3.14. The van der Waals surface area contributed by atoms with Gasteiger partial charge < -0.3 is 0 Å². The van der Waals surface area contributed by atoms with Crippen molar-refractivity contribution in [3.8, 4) is 6.07 Å². The van der Waals surface area contributed by atoms with E-state index in [0.717, 1.165) is 26.9 Å². The lowest BCUT2D eigenvalue weighted by Crippen LogP contribution is -2.13. The van der Waals surface area contributed by atoms with Crippen molar-refractivity contribution in [3.63, 3.8) is 0 Å². The van der Waals surface area contributed by atoms with E-state index in [2.05, 4.69) is 40.1 Å². The monoisotopic (exact) mass is 465 g/mol. The quantitative estimate of drug-likeness (QED) is 0.349. The van der Waals surface area contributed by atoms with Crippen LogP contribution in [0.3, 0.4) is 0 Å². The molecule has 0 aliphatic rings. The van der Waals surface area contributed by atoms with E-state index in [1.165, 1.54) is 16.9 Å². The number of nitriles is 1. The molecule has 3 aromatic rings. The van der Waals surface area contributed by atoms with Crippen molar-refractivity contribution >= 4 is 44.4 Å². The van der Waals surface area contributed by atoms with Gasteiger partial charge >= 0.3 is 0 Å². The summed E-state index contributed by atoms with van der Waals surface area (Å²) in [6, 6.07) is 17.9. The summed E-state index contributed by atoms with van der Waals surface area (Å²) < 4.78 is 1.04. The number of nitrogens with zero attached hydrogens (tertiary/aromatic N) is 2. The maximum atomic E-state index is 12.5. The molecule has 29 heavy (non-hydrogen) atoms. The van der Waals surface area contributed by atoms with Crippen molar-refractivity contribution in [2.75, 3.05) is 5.32 Å². The molecule has 3 rings (SSSR count). The molecule has 0 bridgehead atoms. The fourth-order valence-electron chi connectivity index (χ4n) is 2.71. The Labute approximate surface area is 183 Å². The summed E-state index contributed by atoms with van der Waals surface area (Å²) in [6.45, 7) is 4.25. The number of hydrogen-bond acceptors (Lipinski definition) is 4. The molecule has 0 spiro atoms. The van der Waals surface area contributed by atoms with E-state index in [9.17, 15) is 10.1 Å². The first-order valence-electron chi connectivity index (χ1n) is 9.17. The lowest BCUT2D eigenvalue weighted by atomic mass is 10.0. The second kappa shape index (κ2) is 9.64. The van der Waals surface area contributed by atoms with Gasteiger partial charge in [0, 0.05) is 22.0 Å². The summed E-state index contributed by atoms with van der Waals surface area (Å²) in [6.07, 6.45) is 4.09. The molecule has 0 saturated heterocycles. The molecule has 4 nitrogen and oxygen atoms in total. The topological polar surface area (TPSA) is 65.8 Å². The zero-order valence-electron chi connectivity index (χ0n) is 16.1. The number of hydrogen-bond donors (Lipinski definition) is 1. The maximum Gasteiger partial charge on any atom is 0.268 e. The van der Waals surface area contributed by atoms with Crippen LogP contribution in [0.2, 0.25) is 0 Å². The normalized spacial score (nSPS) is 11.3. The van der Waals surface area contributed by atoms with Crippen molar-refractivity contribution in [2.24, 2.45) is 0 Å². The van der Waals surface area contributed by atoms with Crippen LogP contribution < -0.4 is 5.32 Å². The van der Waals surface area contributed by atoms with E-state index >= 15 is 0 Å². The lowest BCUT2D eigenvalue weighted by molar-refractivity contribution is -0.112. The van der Waals surface area contributed by atoms with Crippen LogP contribution in [0.4, 0.5) is 5.13 Å². The van der Waals surface area contributed by atoms with Gasteiger partial charge in [0.05, 0.1) is 0 Å². The lowest BCUT2D eigenvalue weighted by Gasteiger charge is -2.05. The second-order valence-corrected chi connectivity index (χ2v) is 8.91. The number of nitrogens with one attached hydrogen (secondary N) is 1. The van der Waals surface area contributed by atoms with Crippen LogP contribution in [0.1, 0.15) is 41.3 Å². The van der Waals surface area contributed by atoms with Crippen LogP contribution in [-0.4, -0.2) is 10.9 Å². The molecule has 0 aliphatic carbocycles. The zero-order chi connectivity index (χ0) is 20.8. The van der Waals surface area contributed by atoms with Gasteiger partial charge in [0.2, 0.25) is 0 Å². The number of carbonyl (C=O) groups is 1. The van der Waals surface area contributed by atoms with Crippen LogP contribution >= 0.6 is 27.3 Å². The molecule has 1 amide bonds. The van der Waals surface area contributed by atoms with Gasteiger partial charge in [0.1, 0.15) is 11.6 Å². The van der Waals surface area contributed by atoms with Gasteiger partial charge in [-0.05, 0) is 40.8 Å². The molecule has 1 heterocycles. The van der Waals surface area contributed by atoms with E-state index in [1.54, 1.807) is 12.3 Å². The highest BCUT2D eigenvalue weighted by Gasteiger charge is 2.12. The minimum absolute atomic E-state index is 0.0481. The molecule has 0 radical (unpaired) electrons. The molecule has 146 valence electrons. The van der Waals surface area contributed by atoms with Gasteiger partial charge in [0.15, 0.2) is 5.13 Å². The molecule has 0 saturated carbocycles. The molecule has 1 N–H and O–H groups in total. The number of amides is 1. The summed E-state index contributed by atoms with van der Waals surface area (Å²) in [5, 5.41) is 12.6. The number of carbonyl (C=O) groups excluding carboxylic acids is 1.